The molecule has 0 aliphatic carbocycles. The van der Waals surface area contributed by atoms with Crippen LogP contribution in [0.1, 0.15) is 11.4 Å². The minimum Gasteiger partial charge on any atom is -0.394 e. The number of rotatable bonds is 4. The van der Waals surface area contributed by atoms with Gasteiger partial charge in [0, 0.05) is 6.54 Å². The van der Waals surface area contributed by atoms with Crippen LogP contribution in [0.2, 0.25) is 0 Å². The second-order valence-corrected chi connectivity index (χ2v) is 4.79. The molecule has 2 heterocycles. The lowest BCUT2D eigenvalue weighted by molar-refractivity contribution is 0.105. The van der Waals surface area contributed by atoms with Crippen molar-refractivity contribution in [3.8, 4) is 0 Å². The number of hydrogen-bond acceptors (Lipinski definition) is 6. The van der Waals surface area contributed by atoms with Crippen molar-refractivity contribution in [2.24, 2.45) is 0 Å². The fraction of sp³-hybridized carbons (Fsp3) is 0.455. The molecule has 0 aliphatic rings. The predicted molar refractivity (Wildman–Crippen MR) is 68.5 cm³/mol. The molecule has 0 saturated carbocycles. The molecule has 17 heavy (non-hydrogen) atoms. The van der Waals surface area contributed by atoms with Gasteiger partial charge in [-0.3, -0.25) is 0 Å². The Morgan fingerprint density at radius 1 is 1.41 bits per heavy atom. The number of aromatic nitrogens is 2. The van der Waals surface area contributed by atoms with Crippen LogP contribution in [0.4, 0.5) is 5.82 Å². The van der Waals surface area contributed by atoms with Crippen molar-refractivity contribution >= 4 is 27.4 Å². The van der Waals surface area contributed by atoms with Crippen LogP contribution in [-0.4, -0.2) is 39.4 Å². The van der Waals surface area contributed by atoms with Gasteiger partial charge in [-0.1, -0.05) is 0 Å². The van der Waals surface area contributed by atoms with Crippen LogP contribution < -0.4 is 5.32 Å². The molecule has 2 aromatic heterocycles. The molecule has 0 bridgehead atoms. The molecule has 3 N–H and O–H groups in total. The Hall–Kier alpha value is -1.24. The molecule has 92 valence electrons. The van der Waals surface area contributed by atoms with Crippen LogP contribution >= 0.6 is 11.3 Å². The number of aliphatic hydroxyl groups excluding tert-OH is 2. The van der Waals surface area contributed by atoms with E-state index >= 15 is 0 Å². The lowest BCUT2D eigenvalue weighted by Crippen LogP contribution is -2.23. The van der Waals surface area contributed by atoms with Gasteiger partial charge in [0.15, 0.2) is 0 Å². The highest BCUT2D eigenvalue weighted by Crippen LogP contribution is 2.29. The maximum absolute atomic E-state index is 9.33. The van der Waals surface area contributed by atoms with E-state index in [2.05, 4.69) is 15.3 Å². The Labute approximate surface area is 103 Å². The number of nitrogens with zero attached hydrogens (tertiary/aromatic N) is 2. The topological polar surface area (TPSA) is 78.3 Å². The molecule has 0 aliphatic heterocycles. The summed E-state index contributed by atoms with van der Waals surface area (Å²) in [5, 5.41) is 24.2. The Morgan fingerprint density at radius 3 is 2.88 bits per heavy atom. The highest BCUT2D eigenvalue weighted by Gasteiger charge is 2.11. The summed E-state index contributed by atoms with van der Waals surface area (Å²) in [6.45, 7) is 3.85. The summed E-state index contributed by atoms with van der Waals surface area (Å²) >= 11 is 1.58. The second-order valence-electron chi connectivity index (χ2n) is 3.94. The van der Waals surface area contributed by atoms with Gasteiger partial charge in [-0.2, -0.15) is 0 Å². The first-order chi connectivity index (χ1) is 8.11. The maximum Gasteiger partial charge on any atom is 0.138 e. The first-order valence-corrected chi connectivity index (χ1v) is 6.25. The summed E-state index contributed by atoms with van der Waals surface area (Å²) in [4.78, 5) is 9.63. The predicted octanol–water partition coefficient (Wildman–Crippen LogP) is 1.07. The minimum atomic E-state index is -0.778. The maximum atomic E-state index is 9.33. The average Bonchev–Trinajstić information content (AvgIpc) is 2.67. The number of nitrogens with one attached hydrogen (secondary N) is 1. The second kappa shape index (κ2) is 4.95. The Kier molecular flexibility index (Phi) is 3.56. The molecule has 1 unspecified atom stereocenters. The van der Waals surface area contributed by atoms with Crippen LogP contribution in [-0.2, 0) is 0 Å². The van der Waals surface area contributed by atoms with Crippen molar-refractivity contribution in [2.75, 3.05) is 18.5 Å². The van der Waals surface area contributed by atoms with E-state index in [1.807, 2.05) is 19.2 Å². The molecule has 2 aromatic rings. The zero-order valence-corrected chi connectivity index (χ0v) is 10.6. The largest absolute Gasteiger partial charge is 0.394 e. The number of aryl methyl sites for hydroxylation is 2. The van der Waals surface area contributed by atoms with Crippen molar-refractivity contribution in [3.05, 3.63) is 16.8 Å². The molecular formula is C11H15N3O2S. The third kappa shape index (κ3) is 2.54. The molecule has 0 aromatic carbocycles. The summed E-state index contributed by atoms with van der Waals surface area (Å²) in [5.41, 5.74) is 1.12. The smallest absolute Gasteiger partial charge is 0.138 e. The third-order valence-corrected chi connectivity index (χ3v) is 3.44. The Bertz CT molecular complexity index is 527. The summed E-state index contributed by atoms with van der Waals surface area (Å²) in [7, 11) is 0. The quantitative estimate of drug-likeness (QED) is 0.759. The van der Waals surface area contributed by atoms with Gasteiger partial charge >= 0.3 is 0 Å². The van der Waals surface area contributed by atoms with Gasteiger partial charge < -0.3 is 15.5 Å². The van der Waals surface area contributed by atoms with E-state index < -0.39 is 6.10 Å². The van der Waals surface area contributed by atoms with E-state index in [-0.39, 0.29) is 13.2 Å². The van der Waals surface area contributed by atoms with Gasteiger partial charge in [0.05, 0.1) is 18.1 Å². The van der Waals surface area contributed by atoms with E-state index in [1.165, 1.54) is 0 Å². The van der Waals surface area contributed by atoms with Gasteiger partial charge in [0.25, 0.3) is 0 Å². The standard InChI is InChI=1S/C11H15N3O2S/c1-6-5-17-11-9(6)10(13-7(2)14-11)12-3-8(16)4-15/h5,8,15-16H,3-4H2,1-2H3,(H,12,13,14). The first kappa shape index (κ1) is 12.2. The molecule has 0 amide bonds. The van der Waals surface area contributed by atoms with Crippen molar-refractivity contribution < 1.29 is 10.2 Å². The minimum absolute atomic E-state index is 0.261. The van der Waals surface area contributed by atoms with E-state index in [0.29, 0.717) is 5.82 Å². The fourth-order valence-electron chi connectivity index (χ4n) is 1.60. The molecule has 2 rings (SSSR count). The van der Waals surface area contributed by atoms with E-state index in [9.17, 15) is 5.11 Å². The van der Waals surface area contributed by atoms with Crippen molar-refractivity contribution in [2.45, 2.75) is 20.0 Å². The SMILES string of the molecule is Cc1nc(NCC(O)CO)c2c(C)csc2n1. The number of hydrogen-bond donors (Lipinski definition) is 3. The molecule has 0 radical (unpaired) electrons. The zero-order chi connectivity index (χ0) is 12.4. The Balaban J connectivity index is 2.34. The fourth-order valence-corrected chi connectivity index (χ4v) is 2.56. The van der Waals surface area contributed by atoms with E-state index in [0.717, 1.165) is 21.6 Å². The summed E-state index contributed by atoms with van der Waals surface area (Å²) in [6, 6.07) is 0. The van der Waals surface area contributed by atoms with Crippen LogP contribution in [0, 0.1) is 13.8 Å². The first-order valence-electron chi connectivity index (χ1n) is 5.37. The molecule has 6 heteroatoms. The molecule has 5 nitrogen and oxygen atoms in total. The lowest BCUT2D eigenvalue weighted by Gasteiger charge is -2.11. The lowest BCUT2D eigenvalue weighted by atomic mass is 10.2. The van der Waals surface area contributed by atoms with Gasteiger partial charge in [-0.05, 0) is 24.8 Å². The van der Waals surface area contributed by atoms with E-state index in [1.54, 1.807) is 11.3 Å². The van der Waals surface area contributed by atoms with Crippen LogP contribution in [0.25, 0.3) is 10.2 Å². The molecule has 1 atom stereocenters. The summed E-state index contributed by atoms with van der Waals surface area (Å²) in [6.07, 6.45) is -0.778. The summed E-state index contributed by atoms with van der Waals surface area (Å²) in [5.74, 6) is 1.42. The van der Waals surface area contributed by atoms with Crippen molar-refractivity contribution in [1.82, 2.24) is 9.97 Å². The normalized spacial score (nSPS) is 12.9. The molecule has 0 spiro atoms. The monoisotopic (exact) mass is 253 g/mol. The summed E-state index contributed by atoms with van der Waals surface area (Å²) < 4.78 is 0. The van der Waals surface area contributed by atoms with Gasteiger partial charge in [0.2, 0.25) is 0 Å². The van der Waals surface area contributed by atoms with Gasteiger partial charge in [-0.25, -0.2) is 9.97 Å². The number of fused-ring (bicyclic) bond motifs is 1. The average molecular weight is 253 g/mol. The highest BCUT2D eigenvalue weighted by atomic mass is 32.1. The highest BCUT2D eigenvalue weighted by molar-refractivity contribution is 7.17. The molecule has 0 fully saturated rings. The molecule has 0 saturated heterocycles. The van der Waals surface area contributed by atoms with Crippen molar-refractivity contribution in [3.63, 3.8) is 0 Å². The van der Waals surface area contributed by atoms with Crippen LogP contribution in [0.3, 0.4) is 0 Å². The number of anilines is 1. The van der Waals surface area contributed by atoms with Gasteiger partial charge in [-0.15, -0.1) is 11.3 Å². The molecular weight excluding hydrogens is 238 g/mol. The van der Waals surface area contributed by atoms with Gasteiger partial charge in [0.1, 0.15) is 16.5 Å². The third-order valence-electron chi connectivity index (χ3n) is 2.45. The van der Waals surface area contributed by atoms with E-state index in [4.69, 9.17) is 5.11 Å². The number of aliphatic hydroxyl groups is 2. The Morgan fingerprint density at radius 2 is 2.18 bits per heavy atom. The van der Waals surface area contributed by atoms with Crippen molar-refractivity contribution in [1.29, 1.82) is 0 Å². The van der Waals surface area contributed by atoms with Crippen LogP contribution in [0.15, 0.2) is 5.38 Å². The van der Waals surface area contributed by atoms with Crippen LogP contribution in [0.5, 0.6) is 0 Å². The zero-order valence-electron chi connectivity index (χ0n) is 9.77. The number of thiophene rings is 1.